The number of primary amides is 1. The lowest BCUT2D eigenvalue weighted by molar-refractivity contribution is -0.118. The summed E-state index contributed by atoms with van der Waals surface area (Å²) in [6.45, 7) is 2.69. The summed E-state index contributed by atoms with van der Waals surface area (Å²) in [6, 6.07) is 5.04. The average Bonchev–Trinajstić information content (AvgIpc) is 2.41. The SMILES string of the molecule is Cc1ccc(NC(=O)C2CCCCN2)cc1C(N)=O. The Bertz CT molecular complexity index is 493. The molecule has 1 aliphatic heterocycles. The molecule has 5 nitrogen and oxygen atoms in total. The highest BCUT2D eigenvalue weighted by atomic mass is 16.2. The van der Waals surface area contributed by atoms with Crippen LogP contribution in [0.15, 0.2) is 18.2 Å². The second kappa shape index (κ2) is 5.84. The number of carbonyl (C=O) groups is 2. The van der Waals surface area contributed by atoms with Gasteiger partial charge in [0, 0.05) is 11.3 Å². The highest BCUT2D eigenvalue weighted by molar-refractivity contribution is 5.98. The molecule has 1 heterocycles. The summed E-state index contributed by atoms with van der Waals surface area (Å²) in [5, 5.41) is 6.01. The second-order valence-corrected chi connectivity index (χ2v) is 4.89. The molecule has 2 amide bonds. The Kier molecular flexibility index (Phi) is 4.16. The third-order valence-electron chi connectivity index (χ3n) is 3.40. The van der Waals surface area contributed by atoms with Gasteiger partial charge in [-0.15, -0.1) is 0 Å². The summed E-state index contributed by atoms with van der Waals surface area (Å²) < 4.78 is 0. The number of anilines is 1. The van der Waals surface area contributed by atoms with E-state index < -0.39 is 5.91 Å². The van der Waals surface area contributed by atoms with E-state index in [9.17, 15) is 9.59 Å². The van der Waals surface area contributed by atoms with E-state index >= 15 is 0 Å². The lowest BCUT2D eigenvalue weighted by Crippen LogP contribution is -2.43. The lowest BCUT2D eigenvalue weighted by atomic mass is 10.0. The van der Waals surface area contributed by atoms with E-state index in [-0.39, 0.29) is 11.9 Å². The first-order valence-corrected chi connectivity index (χ1v) is 6.52. The molecule has 1 aliphatic rings. The molecular formula is C14H19N3O2. The highest BCUT2D eigenvalue weighted by Gasteiger charge is 2.20. The molecule has 4 N–H and O–H groups in total. The van der Waals surface area contributed by atoms with Crippen LogP contribution in [0.5, 0.6) is 0 Å². The minimum atomic E-state index is -0.482. The molecule has 102 valence electrons. The fourth-order valence-corrected chi connectivity index (χ4v) is 2.27. The van der Waals surface area contributed by atoms with Crippen molar-refractivity contribution in [1.29, 1.82) is 0 Å². The average molecular weight is 261 g/mol. The number of carbonyl (C=O) groups excluding carboxylic acids is 2. The third kappa shape index (κ3) is 3.32. The molecule has 1 aromatic carbocycles. The van der Waals surface area contributed by atoms with E-state index in [1.807, 2.05) is 6.92 Å². The van der Waals surface area contributed by atoms with Crippen LogP contribution in [0.25, 0.3) is 0 Å². The molecule has 1 aromatic rings. The molecular weight excluding hydrogens is 242 g/mol. The van der Waals surface area contributed by atoms with Crippen molar-refractivity contribution in [3.05, 3.63) is 29.3 Å². The molecule has 1 unspecified atom stereocenters. The third-order valence-corrected chi connectivity index (χ3v) is 3.40. The maximum absolute atomic E-state index is 12.0. The van der Waals surface area contributed by atoms with Crippen molar-refractivity contribution in [3.8, 4) is 0 Å². The zero-order valence-electron chi connectivity index (χ0n) is 11.0. The first kappa shape index (κ1) is 13.5. The predicted molar refractivity (Wildman–Crippen MR) is 74.0 cm³/mol. The Hall–Kier alpha value is -1.88. The van der Waals surface area contributed by atoms with Crippen molar-refractivity contribution in [1.82, 2.24) is 5.32 Å². The number of nitrogens with one attached hydrogen (secondary N) is 2. The predicted octanol–water partition coefficient (Wildman–Crippen LogP) is 1.17. The molecule has 0 bridgehead atoms. The fourth-order valence-electron chi connectivity index (χ4n) is 2.27. The van der Waals surface area contributed by atoms with Gasteiger partial charge in [0.1, 0.15) is 0 Å². The zero-order valence-corrected chi connectivity index (χ0v) is 11.0. The van der Waals surface area contributed by atoms with Gasteiger partial charge in [-0.3, -0.25) is 9.59 Å². The van der Waals surface area contributed by atoms with Crippen LogP contribution in [-0.4, -0.2) is 24.4 Å². The number of aryl methyl sites for hydroxylation is 1. The van der Waals surface area contributed by atoms with E-state index in [2.05, 4.69) is 10.6 Å². The summed E-state index contributed by atoms with van der Waals surface area (Å²) in [7, 11) is 0. The number of benzene rings is 1. The van der Waals surface area contributed by atoms with Crippen LogP contribution in [0.1, 0.15) is 35.2 Å². The summed E-state index contributed by atoms with van der Waals surface area (Å²) in [6.07, 6.45) is 3.02. The van der Waals surface area contributed by atoms with Crippen LogP contribution in [0, 0.1) is 6.92 Å². The van der Waals surface area contributed by atoms with E-state index in [0.29, 0.717) is 11.3 Å². The van der Waals surface area contributed by atoms with Crippen molar-refractivity contribution in [2.75, 3.05) is 11.9 Å². The van der Waals surface area contributed by atoms with Crippen molar-refractivity contribution in [2.45, 2.75) is 32.2 Å². The maximum atomic E-state index is 12.0. The number of hydrogen-bond acceptors (Lipinski definition) is 3. The highest BCUT2D eigenvalue weighted by Crippen LogP contribution is 2.16. The fraction of sp³-hybridized carbons (Fsp3) is 0.429. The first-order chi connectivity index (χ1) is 9.08. The van der Waals surface area contributed by atoms with E-state index in [1.54, 1.807) is 18.2 Å². The molecule has 1 atom stereocenters. The summed E-state index contributed by atoms with van der Waals surface area (Å²) in [5.41, 5.74) is 7.15. The molecule has 1 saturated heterocycles. The lowest BCUT2D eigenvalue weighted by Gasteiger charge is -2.22. The second-order valence-electron chi connectivity index (χ2n) is 4.89. The van der Waals surface area contributed by atoms with Gasteiger partial charge in [-0.1, -0.05) is 12.5 Å². The van der Waals surface area contributed by atoms with Gasteiger partial charge in [-0.25, -0.2) is 0 Å². The molecule has 0 saturated carbocycles. The van der Waals surface area contributed by atoms with Crippen LogP contribution in [0.3, 0.4) is 0 Å². The normalized spacial score (nSPS) is 18.9. The van der Waals surface area contributed by atoms with E-state index in [0.717, 1.165) is 31.4 Å². The molecule has 0 radical (unpaired) electrons. The summed E-state index contributed by atoms with van der Waals surface area (Å²) >= 11 is 0. The summed E-state index contributed by atoms with van der Waals surface area (Å²) in [5.74, 6) is -0.539. The first-order valence-electron chi connectivity index (χ1n) is 6.52. The molecule has 2 rings (SSSR count). The molecule has 1 fully saturated rings. The summed E-state index contributed by atoms with van der Waals surface area (Å²) in [4.78, 5) is 23.3. The van der Waals surface area contributed by atoms with Gasteiger partial charge in [0.15, 0.2) is 0 Å². The Balaban J connectivity index is 2.08. The van der Waals surface area contributed by atoms with Gasteiger partial charge in [0.05, 0.1) is 6.04 Å². The van der Waals surface area contributed by atoms with Gasteiger partial charge < -0.3 is 16.4 Å². The number of rotatable bonds is 3. The Morgan fingerprint density at radius 3 is 2.79 bits per heavy atom. The monoisotopic (exact) mass is 261 g/mol. The minimum absolute atomic E-state index is 0.0565. The largest absolute Gasteiger partial charge is 0.366 e. The van der Waals surface area contributed by atoms with Gasteiger partial charge in [-0.2, -0.15) is 0 Å². The minimum Gasteiger partial charge on any atom is -0.366 e. The smallest absolute Gasteiger partial charge is 0.249 e. The number of amides is 2. The van der Waals surface area contributed by atoms with Gasteiger partial charge >= 0.3 is 0 Å². The zero-order chi connectivity index (χ0) is 13.8. The Morgan fingerprint density at radius 1 is 1.37 bits per heavy atom. The van der Waals surface area contributed by atoms with E-state index in [1.165, 1.54) is 0 Å². The molecule has 0 aliphatic carbocycles. The van der Waals surface area contributed by atoms with Crippen LogP contribution in [-0.2, 0) is 4.79 Å². The van der Waals surface area contributed by atoms with Crippen LogP contribution in [0.4, 0.5) is 5.69 Å². The Labute approximate surface area is 112 Å². The number of nitrogens with two attached hydrogens (primary N) is 1. The Morgan fingerprint density at radius 2 is 2.16 bits per heavy atom. The molecule has 19 heavy (non-hydrogen) atoms. The maximum Gasteiger partial charge on any atom is 0.249 e. The van der Waals surface area contributed by atoms with Gasteiger partial charge in [-0.05, 0) is 44.0 Å². The van der Waals surface area contributed by atoms with Crippen molar-refractivity contribution < 1.29 is 9.59 Å². The molecule has 5 heteroatoms. The van der Waals surface area contributed by atoms with Crippen molar-refractivity contribution >= 4 is 17.5 Å². The van der Waals surface area contributed by atoms with Crippen LogP contribution in [0.2, 0.25) is 0 Å². The van der Waals surface area contributed by atoms with Gasteiger partial charge in [0.2, 0.25) is 11.8 Å². The van der Waals surface area contributed by atoms with Crippen molar-refractivity contribution in [2.24, 2.45) is 5.73 Å². The molecule has 0 spiro atoms. The topological polar surface area (TPSA) is 84.2 Å². The molecule has 0 aromatic heterocycles. The number of piperidine rings is 1. The quantitative estimate of drug-likeness (QED) is 0.763. The van der Waals surface area contributed by atoms with Crippen molar-refractivity contribution in [3.63, 3.8) is 0 Å². The van der Waals surface area contributed by atoms with Crippen LogP contribution < -0.4 is 16.4 Å². The van der Waals surface area contributed by atoms with Gasteiger partial charge in [0.25, 0.3) is 0 Å². The van der Waals surface area contributed by atoms with Crippen LogP contribution >= 0.6 is 0 Å². The van der Waals surface area contributed by atoms with E-state index in [4.69, 9.17) is 5.73 Å². The number of hydrogen-bond donors (Lipinski definition) is 3. The standard InChI is InChI=1S/C14H19N3O2/c1-9-5-6-10(8-11(9)13(15)18)17-14(19)12-4-2-3-7-16-12/h5-6,8,12,16H,2-4,7H2,1H3,(H2,15,18)(H,17,19).